The number of hydrogen-bond donors (Lipinski definition) is 2. The van der Waals surface area contributed by atoms with Crippen LogP contribution in [0.15, 0.2) is 53.1 Å². The number of nitrogens with zero attached hydrogens (tertiary/aromatic N) is 6. The predicted octanol–water partition coefficient (Wildman–Crippen LogP) is 2.09. The minimum absolute atomic E-state index is 0.0123. The monoisotopic (exact) mass is 556 g/mol. The van der Waals surface area contributed by atoms with Gasteiger partial charge in [0.15, 0.2) is 33.0 Å². The van der Waals surface area contributed by atoms with Gasteiger partial charge < -0.3 is 19.7 Å². The number of para-hydroxylation sites is 1. The molecule has 204 valence electrons. The molecule has 0 fully saturated rings. The van der Waals surface area contributed by atoms with Gasteiger partial charge >= 0.3 is 0 Å². The second-order valence-electron chi connectivity index (χ2n) is 8.45. The van der Waals surface area contributed by atoms with Crippen LogP contribution in [0.2, 0.25) is 0 Å². The highest BCUT2D eigenvalue weighted by atomic mass is 32.2. The first-order chi connectivity index (χ1) is 18.7. The van der Waals surface area contributed by atoms with Crippen molar-refractivity contribution in [3.63, 3.8) is 0 Å². The number of benzene rings is 1. The molecule has 2 N–H and O–H groups in total. The van der Waals surface area contributed by atoms with Crippen molar-refractivity contribution < 1.29 is 32.5 Å². The summed E-state index contributed by atoms with van der Waals surface area (Å²) in [6, 6.07) is 4.55. The summed E-state index contributed by atoms with van der Waals surface area (Å²) in [5, 5.41) is 27.1. The maximum Gasteiger partial charge on any atom is 0.223 e. The number of aromatic hydroxyl groups is 1. The molecule has 2 atom stereocenters. The fourth-order valence-electron chi connectivity index (χ4n) is 3.75. The van der Waals surface area contributed by atoms with Crippen LogP contribution in [0.4, 0.5) is 4.39 Å². The Morgan fingerprint density at radius 2 is 1.92 bits per heavy atom. The number of phenols is 1. The van der Waals surface area contributed by atoms with Crippen molar-refractivity contribution in [2.24, 2.45) is 4.99 Å². The van der Waals surface area contributed by atoms with Gasteiger partial charge in [-0.15, -0.1) is 10.2 Å². The highest BCUT2D eigenvalue weighted by Crippen LogP contribution is 2.36. The topological polar surface area (TPSA) is 162 Å². The van der Waals surface area contributed by atoms with E-state index in [-0.39, 0.29) is 59.5 Å². The first kappa shape index (κ1) is 27.7. The zero-order chi connectivity index (χ0) is 28.2. The molecular formula is C25H25FN6O6S. The van der Waals surface area contributed by atoms with Crippen LogP contribution < -0.4 is 4.74 Å². The van der Waals surface area contributed by atoms with Crippen molar-refractivity contribution >= 4 is 21.4 Å². The lowest BCUT2D eigenvalue weighted by Gasteiger charge is -2.20. The molecule has 1 aliphatic heterocycles. The second-order valence-corrected chi connectivity index (χ2v) is 10.8. The fraction of sp³-hybridized carbons (Fsp3) is 0.320. The number of ether oxygens (including phenoxy) is 2. The van der Waals surface area contributed by atoms with Crippen LogP contribution in [0, 0.1) is 5.82 Å². The summed E-state index contributed by atoms with van der Waals surface area (Å²) in [4.78, 5) is 12.1. The fourth-order valence-corrected chi connectivity index (χ4v) is 5.31. The van der Waals surface area contributed by atoms with E-state index in [4.69, 9.17) is 14.6 Å². The molecule has 39 heavy (non-hydrogen) atoms. The van der Waals surface area contributed by atoms with Gasteiger partial charge in [-0.1, -0.05) is 18.7 Å². The van der Waals surface area contributed by atoms with Gasteiger partial charge in [0.2, 0.25) is 5.90 Å². The predicted molar refractivity (Wildman–Crippen MR) is 138 cm³/mol. The Kier molecular flexibility index (Phi) is 8.22. The second kappa shape index (κ2) is 11.6. The number of sulfone groups is 1. The largest absolute Gasteiger partial charge is 0.506 e. The van der Waals surface area contributed by atoms with Crippen molar-refractivity contribution in [3.8, 4) is 17.2 Å². The van der Waals surface area contributed by atoms with Gasteiger partial charge in [-0.25, -0.2) is 27.8 Å². The molecule has 0 saturated carbocycles. The van der Waals surface area contributed by atoms with E-state index in [0.717, 1.165) is 12.4 Å². The minimum Gasteiger partial charge on any atom is -0.506 e. The zero-order valence-corrected chi connectivity index (χ0v) is 22.1. The van der Waals surface area contributed by atoms with Gasteiger partial charge in [0.1, 0.15) is 35.4 Å². The molecule has 0 bridgehead atoms. The average molecular weight is 557 g/mol. The van der Waals surface area contributed by atoms with Crippen molar-refractivity contribution in [1.82, 2.24) is 24.7 Å². The van der Waals surface area contributed by atoms with Gasteiger partial charge in [-0.3, -0.25) is 4.57 Å². The molecule has 3 heterocycles. The lowest BCUT2D eigenvalue weighted by molar-refractivity contribution is 0.195. The average Bonchev–Trinajstić information content (AvgIpc) is 3.33. The molecule has 3 aromatic rings. The molecular weight excluding hydrogens is 531 g/mol. The van der Waals surface area contributed by atoms with Crippen molar-refractivity contribution in [3.05, 3.63) is 71.4 Å². The van der Waals surface area contributed by atoms with Gasteiger partial charge in [-0.2, -0.15) is 0 Å². The van der Waals surface area contributed by atoms with Crippen molar-refractivity contribution in [1.29, 1.82) is 0 Å². The van der Waals surface area contributed by atoms with Crippen LogP contribution in [0.1, 0.15) is 37.2 Å². The first-order valence-electron chi connectivity index (χ1n) is 11.7. The van der Waals surface area contributed by atoms with Gasteiger partial charge in [0, 0.05) is 5.92 Å². The van der Waals surface area contributed by atoms with Gasteiger partial charge in [-0.05, 0) is 24.8 Å². The highest BCUT2D eigenvalue weighted by Gasteiger charge is 2.33. The number of halogens is 1. The van der Waals surface area contributed by atoms with Crippen LogP contribution in [0.25, 0.3) is 11.4 Å². The van der Waals surface area contributed by atoms with E-state index in [2.05, 4.69) is 36.6 Å². The Hall–Kier alpha value is -4.35. The van der Waals surface area contributed by atoms with Crippen LogP contribution in [0.5, 0.6) is 11.5 Å². The van der Waals surface area contributed by atoms with Gasteiger partial charge in [0.25, 0.3) is 0 Å². The Bertz CT molecular complexity index is 1610. The van der Waals surface area contributed by atoms with Crippen molar-refractivity contribution in [2.75, 3.05) is 20.3 Å². The third-order valence-corrected chi connectivity index (χ3v) is 8.16. The van der Waals surface area contributed by atoms with E-state index < -0.39 is 32.6 Å². The Morgan fingerprint density at radius 3 is 2.62 bits per heavy atom. The van der Waals surface area contributed by atoms with E-state index in [1.165, 1.54) is 30.7 Å². The van der Waals surface area contributed by atoms with Crippen LogP contribution in [0.3, 0.4) is 0 Å². The number of hydrogen-bond acceptors (Lipinski definition) is 11. The molecule has 12 nitrogen and oxygen atoms in total. The maximum atomic E-state index is 13.5. The Labute approximate surface area is 223 Å². The Morgan fingerprint density at radius 1 is 1.18 bits per heavy atom. The quantitative estimate of drug-likeness (QED) is 0.354. The van der Waals surface area contributed by atoms with Crippen LogP contribution >= 0.6 is 0 Å². The molecule has 0 radical (unpaired) electrons. The van der Waals surface area contributed by atoms with Crippen LogP contribution in [-0.2, 0) is 20.3 Å². The SMILES string of the molecule is COc1cccc(O)c1-n1c(CS(=O)(=O)[C@@H](C)[C@H](C)c2ncc(F)cn2)nnc1C1=C=C=CC(OCCO)=N1. The van der Waals surface area contributed by atoms with Gasteiger partial charge in [0.05, 0.1) is 37.4 Å². The molecule has 0 spiro atoms. The summed E-state index contributed by atoms with van der Waals surface area (Å²) in [6.07, 6.45) is 3.36. The highest BCUT2D eigenvalue weighted by molar-refractivity contribution is 7.91. The Balaban J connectivity index is 1.80. The molecule has 0 amide bonds. The lowest BCUT2D eigenvalue weighted by Crippen LogP contribution is -2.27. The molecule has 0 aliphatic carbocycles. The van der Waals surface area contributed by atoms with Crippen molar-refractivity contribution in [2.45, 2.75) is 30.8 Å². The third-order valence-electron chi connectivity index (χ3n) is 5.96. The summed E-state index contributed by atoms with van der Waals surface area (Å²) >= 11 is 0. The number of phenolic OH excluding ortho intramolecular Hbond substituents is 1. The number of aromatic nitrogens is 5. The van der Waals surface area contributed by atoms with E-state index in [9.17, 15) is 17.9 Å². The van der Waals surface area contributed by atoms with Crippen LogP contribution in [-0.4, -0.2) is 74.8 Å². The number of aliphatic hydroxyl groups excluding tert-OH is 1. The summed E-state index contributed by atoms with van der Waals surface area (Å²) in [7, 11) is -2.54. The molecule has 0 unspecified atom stereocenters. The maximum absolute atomic E-state index is 13.5. The molecule has 1 aliphatic rings. The smallest absolute Gasteiger partial charge is 0.223 e. The lowest BCUT2D eigenvalue weighted by atomic mass is 10.1. The first-order valence-corrected chi connectivity index (χ1v) is 13.4. The van der Waals surface area contributed by atoms with E-state index in [1.807, 2.05) is 0 Å². The standard InChI is InChI=1S/C25H25FN6O6S/c1-15(24-27-12-17(26)13-28-24)16(2)39(35,36)14-21-30-31-25(18-6-4-9-22(29-18)38-11-10-33)32(21)23-19(34)7-5-8-20(23)37-3/h5,7-9,12-13,15-16,33-34H,10-11,14H2,1-3H3/t15-,16-/m0/s1. The number of aliphatic hydroxyl groups is 1. The molecule has 4 rings (SSSR count). The minimum atomic E-state index is -3.93. The third kappa shape index (κ3) is 5.89. The summed E-state index contributed by atoms with van der Waals surface area (Å²) in [5.41, 5.74) is 5.71. The zero-order valence-electron chi connectivity index (χ0n) is 21.2. The molecule has 2 aromatic heterocycles. The number of aliphatic imine (C=N–C) groups is 1. The summed E-state index contributed by atoms with van der Waals surface area (Å²) in [6.45, 7) is 2.88. The van der Waals surface area contributed by atoms with E-state index in [0.29, 0.717) is 0 Å². The van der Waals surface area contributed by atoms with E-state index in [1.54, 1.807) is 19.1 Å². The molecule has 0 saturated heterocycles. The molecule has 14 heteroatoms. The number of rotatable bonds is 10. The normalized spacial score (nSPS) is 14.5. The number of methoxy groups -OCH3 is 1. The van der Waals surface area contributed by atoms with E-state index >= 15 is 0 Å². The molecule has 1 aromatic carbocycles. The summed E-state index contributed by atoms with van der Waals surface area (Å²) in [5.74, 6) is -1.62. The summed E-state index contributed by atoms with van der Waals surface area (Å²) < 4.78 is 52.5.